The molecule has 1 unspecified atom stereocenters. The number of halogens is 2. The summed E-state index contributed by atoms with van der Waals surface area (Å²) in [4.78, 5) is 10.7. The van der Waals surface area contributed by atoms with Gasteiger partial charge in [-0.25, -0.2) is 0 Å². The zero-order valence-electron chi connectivity index (χ0n) is 10.2. The van der Waals surface area contributed by atoms with Gasteiger partial charge in [0.1, 0.15) is 0 Å². The predicted octanol–water partition coefficient (Wildman–Crippen LogP) is 3.89. The Labute approximate surface area is 120 Å². The fourth-order valence-corrected chi connectivity index (χ4v) is 2.20. The second-order valence-electron chi connectivity index (χ2n) is 4.26. The molecule has 0 aliphatic carbocycles. The zero-order chi connectivity index (χ0) is 14.0. The van der Waals surface area contributed by atoms with Crippen LogP contribution in [0.3, 0.4) is 0 Å². The van der Waals surface area contributed by atoms with Crippen LogP contribution in [0, 0.1) is 0 Å². The standard InChI is InChI=1S/C13H12Cl2N2O2/c1-8(5-12(18)19)17-7-9(6-16-17)10-3-2-4-11(14)13(10)15/h2-4,6-8H,5H2,1H3,(H,18,19). The summed E-state index contributed by atoms with van der Waals surface area (Å²) in [5.74, 6) is -0.856. The Morgan fingerprint density at radius 2 is 2.21 bits per heavy atom. The van der Waals surface area contributed by atoms with Crippen LogP contribution in [-0.4, -0.2) is 20.9 Å². The molecular formula is C13H12Cl2N2O2. The smallest absolute Gasteiger partial charge is 0.305 e. The SMILES string of the molecule is CC(CC(=O)O)n1cc(-c2cccc(Cl)c2Cl)cn1. The maximum atomic E-state index is 10.7. The molecular weight excluding hydrogens is 287 g/mol. The molecule has 2 aromatic rings. The van der Waals surface area contributed by atoms with E-state index >= 15 is 0 Å². The second kappa shape index (κ2) is 5.63. The number of aliphatic carboxylic acids is 1. The Hall–Kier alpha value is -1.52. The average Bonchev–Trinajstić information content (AvgIpc) is 2.81. The first-order chi connectivity index (χ1) is 8.99. The molecule has 0 aliphatic rings. The van der Waals surface area contributed by atoms with Crippen LogP contribution < -0.4 is 0 Å². The normalized spacial score (nSPS) is 12.4. The fraction of sp³-hybridized carbons (Fsp3) is 0.231. The van der Waals surface area contributed by atoms with Gasteiger partial charge in [0, 0.05) is 17.3 Å². The molecule has 4 nitrogen and oxygen atoms in total. The van der Waals surface area contributed by atoms with Crippen molar-refractivity contribution in [3.05, 3.63) is 40.6 Å². The number of carboxylic acids is 1. The molecule has 2 rings (SSSR count). The van der Waals surface area contributed by atoms with Crippen molar-refractivity contribution in [2.24, 2.45) is 0 Å². The van der Waals surface area contributed by atoms with E-state index in [1.165, 1.54) is 0 Å². The van der Waals surface area contributed by atoms with Crippen molar-refractivity contribution in [2.45, 2.75) is 19.4 Å². The largest absolute Gasteiger partial charge is 0.481 e. The van der Waals surface area contributed by atoms with Crippen LogP contribution in [0.2, 0.25) is 10.0 Å². The van der Waals surface area contributed by atoms with Gasteiger partial charge in [0.25, 0.3) is 0 Å². The number of hydrogen-bond donors (Lipinski definition) is 1. The Kier molecular flexibility index (Phi) is 4.12. The lowest BCUT2D eigenvalue weighted by Crippen LogP contribution is -2.10. The Morgan fingerprint density at radius 1 is 1.47 bits per heavy atom. The second-order valence-corrected chi connectivity index (χ2v) is 5.04. The summed E-state index contributed by atoms with van der Waals surface area (Å²) in [6.45, 7) is 1.80. The van der Waals surface area contributed by atoms with Crippen LogP contribution in [0.1, 0.15) is 19.4 Å². The molecule has 6 heteroatoms. The molecule has 1 aromatic heterocycles. The average molecular weight is 299 g/mol. The van der Waals surface area contributed by atoms with Gasteiger partial charge in [0.15, 0.2) is 0 Å². The first-order valence-corrected chi connectivity index (χ1v) is 6.45. The van der Waals surface area contributed by atoms with E-state index < -0.39 is 5.97 Å². The maximum Gasteiger partial charge on any atom is 0.305 e. The van der Waals surface area contributed by atoms with Crippen molar-refractivity contribution in [3.8, 4) is 11.1 Å². The molecule has 0 bridgehead atoms. The van der Waals surface area contributed by atoms with E-state index in [0.29, 0.717) is 10.0 Å². The molecule has 0 saturated carbocycles. The van der Waals surface area contributed by atoms with Gasteiger partial charge in [-0.1, -0.05) is 35.3 Å². The number of rotatable bonds is 4. The number of benzene rings is 1. The van der Waals surface area contributed by atoms with Gasteiger partial charge < -0.3 is 5.11 Å². The Balaban J connectivity index is 2.30. The van der Waals surface area contributed by atoms with E-state index in [4.69, 9.17) is 28.3 Å². The minimum absolute atomic E-state index is 0.0183. The summed E-state index contributed by atoms with van der Waals surface area (Å²) in [5, 5.41) is 13.9. The molecule has 0 radical (unpaired) electrons. The molecule has 1 heterocycles. The Bertz CT molecular complexity index is 610. The van der Waals surface area contributed by atoms with Crippen molar-refractivity contribution >= 4 is 29.2 Å². The molecule has 19 heavy (non-hydrogen) atoms. The maximum absolute atomic E-state index is 10.7. The minimum atomic E-state index is -0.856. The number of carbonyl (C=O) groups is 1. The molecule has 1 atom stereocenters. The Morgan fingerprint density at radius 3 is 2.89 bits per heavy atom. The van der Waals surface area contributed by atoms with Gasteiger partial charge in [-0.2, -0.15) is 5.10 Å². The topological polar surface area (TPSA) is 55.1 Å². The van der Waals surface area contributed by atoms with Gasteiger partial charge in [-0.15, -0.1) is 0 Å². The first kappa shape index (κ1) is 13.9. The van der Waals surface area contributed by atoms with Gasteiger partial charge in [-0.05, 0) is 13.0 Å². The van der Waals surface area contributed by atoms with Crippen molar-refractivity contribution in [3.63, 3.8) is 0 Å². The minimum Gasteiger partial charge on any atom is -0.481 e. The highest BCUT2D eigenvalue weighted by atomic mass is 35.5. The fourth-order valence-electron chi connectivity index (χ4n) is 1.79. The molecule has 0 spiro atoms. The van der Waals surface area contributed by atoms with Crippen LogP contribution in [0.25, 0.3) is 11.1 Å². The van der Waals surface area contributed by atoms with Gasteiger partial charge >= 0.3 is 5.97 Å². The van der Waals surface area contributed by atoms with E-state index in [1.54, 1.807) is 30.1 Å². The predicted molar refractivity (Wildman–Crippen MR) is 74.6 cm³/mol. The summed E-state index contributed by atoms with van der Waals surface area (Å²) < 4.78 is 1.61. The quantitative estimate of drug-likeness (QED) is 0.931. The number of hydrogen-bond acceptors (Lipinski definition) is 2. The van der Waals surface area contributed by atoms with E-state index in [1.807, 2.05) is 12.1 Å². The van der Waals surface area contributed by atoms with Crippen LogP contribution in [0.15, 0.2) is 30.6 Å². The lowest BCUT2D eigenvalue weighted by Gasteiger charge is -2.08. The highest BCUT2D eigenvalue weighted by molar-refractivity contribution is 6.43. The zero-order valence-corrected chi connectivity index (χ0v) is 11.7. The van der Waals surface area contributed by atoms with Crippen LogP contribution in [0.4, 0.5) is 0 Å². The molecule has 100 valence electrons. The molecule has 0 aliphatic heterocycles. The molecule has 0 saturated heterocycles. The molecule has 0 amide bonds. The third-order valence-corrected chi connectivity index (χ3v) is 3.60. The third-order valence-electron chi connectivity index (χ3n) is 2.79. The lowest BCUT2D eigenvalue weighted by atomic mass is 10.1. The number of aromatic nitrogens is 2. The van der Waals surface area contributed by atoms with E-state index in [9.17, 15) is 4.79 Å². The summed E-state index contributed by atoms with van der Waals surface area (Å²) in [7, 11) is 0. The summed E-state index contributed by atoms with van der Waals surface area (Å²) in [6.07, 6.45) is 3.44. The van der Waals surface area contributed by atoms with E-state index in [-0.39, 0.29) is 12.5 Å². The monoisotopic (exact) mass is 298 g/mol. The van der Waals surface area contributed by atoms with Crippen molar-refractivity contribution in [1.82, 2.24) is 9.78 Å². The highest BCUT2D eigenvalue weighted by Gasteiger charge is 2.13. The van der Waals surface area contributed by atoms with Crippen molar-refractivity contribution in [1.29, 1.82) is 0 Å². The summed E-state index contributed by atoms with van der Waals surface area (Å²) in [5.41, 5.74) is 1.59. The number of carboxylic acid groups (broad SMARTS) is 1. The summed E-state index contributed by atoms with van der Waals surface area (Å²) in [6, 6.07) is 5.15. The van der Waals surface area contributed by atoms with Gasteiger partial charge in [0.05, 0.1) is 28.7 Å². The van der Waals surface area contributed by atoms with Gasteiger partial charge in [0.2, 0.25) is 0 Å². The van der Waals surface area contributed by atoms with Crippen LogP contribution >= 0.6 is 23.2 Å². The number of nitrogens with zero attached hydrogens (tertiary/aromatic N) is 2. The van der Waals surface area contributed by atoms with Crippen LogP contribution in [0.5, 0.6) is 0 Å². The van der Waals surface area contributed by atoms with Crippen LogP contribution in [-0.2, 0) is 4.79 Å². The molecule has 0 fully saturated rings. The van der Waals surface area contributed by atoms with Crippen molar-refractivity contribution < 1.29 is 9.90 Å². The molecule has 1 N–H and O–H groups in total. The van der Waals surface area contributed by atoms with Crippen molar-refractivity contribution in [2.75, 3.05) is 0 Å². The van der Waals surface area contributed by atoms with E-state index in [2.05, 4.69) is 5.10 Å². The first-order valence-electron chi connectivity index (χ1n) is 5.69. The highest BCUT2D eigenvalue weighted by Crippen LogP contribution is 2.33. The summed E-state index contributed by atoms with van der Waals surface area (Å²) >= 11 is 12.1. The van der Waals surface area contributed by atoms with Gasteiger partial charge in [-0.3, -0.25) is 9.48 Å². The molecule has 1 aromatic carbocycles. The third kappa shape index (κ3) is 3.08. The van der Waals surface area contributed by atoms with E-state index in [0.717, 1.165) is 11.1 Å². The lowest BCUT2D eigenvalue weighted by molar-refractivity contribution is -0.137.